The molecule has 0 spiro atoms. The maximum absolute atomic E-state index is 13.2. The van der Waals surface area contributed by atoms with E-state index in [1.54, 1.807) is 23.5 Å². The monoisotopic (exact) mass is 421 g/mol. The number of thiophene rings is 1. The van der Waals surface area contributed by atoms with Crippen molar-refractivity contribution >= 4 is 28.3 Å². The molecule has 3 aromatic heterocycles. The number of benzene rings is 1. The number of carbonyl (C=O) groups excluding carboxylic acids is 1. The third kappa shape index (κ3) is 3.91. The van der Waals surface area contributed by atoms with Gasteiger partial charge in [0.2, 0.25) is 0 Å². The normalized spacial score (nSPS) is 11.1. The van der Waals surface area contributed by atoms with Crippen molar-refractivity contribution in [1.82, 2.24) is 19.9 Å². The largest absolute Gasteiger partial charge is 0.300 e. The average Bonchev–Trinajstić information content (AvgIpc) is 3.40. The standard InChI is InChI=1S/C22H23N5O2S/c1-3-4-5-11-17-23-19-18(16-10-7-12-30-16)24-25-20(19)22(29)27(17)26-21(28)15-9-6-8-14(2)13-15/h6-10,12-13H,3-5,11H2,1-2H3,(H,24,25)(H,26,28). The van der Waals surface area contributed by atoms with Crippen molar-refractivity contribution in [2.75, 3.05) is 5.43 Å². The maximum atomic E-state index is 13.2. The van der Waals surface area contributed by atoms with Crippen LogP contribution in [0.15, 0.2) is 46.6 Å². The van der Waals surface area contributed by atoms with Crippen LogP contribution in [0.4, 0.5) is 0 Å². The van der Waals surface area contributed by atoms with E-state index < -0.39 is 0 Å². The Morgan fingerprint density at radius 1 is 1.20 bits per heavy atom. The summed E-state index contributed by atoms with van der Waals surface area (Å²) in [6.45, 7) is 4.04. The Labute approximate surface area is 177 Å². The zero-order valence-corrected chi connectivity index (χ0v) is 17.8. The van der Waals surface area contributed by atoms with Crippen LogP contribution in [-0.4, -0.2) is 25.8 Å². The van der Waals surface area contributed by atoms with Crippen LogP contribution < -0.4 is 11.0 Å². The second-order valence-corrected chi connectivity index (χ2v) is 8.16. The topological polar surface area (TPSA) is 92.7 Å². The predicted molar refractivity (Wildman–Crippen MR) is 120 cm³/mol. The number of nitrogens with one attached hydrogen (secondary N) is 2. The van der Waals surface area contributed by atoms with Crippen LogP contribution in [0.3, 0.4) is 0 Å². The van der Waals surface area contributed by atoms with Crippen molar-refractivity contribution in [3.63, 3.8) is 0 Å². The molecule has 4 aromatic rings. The molecule has 30 heavy (non-hydrogen) atoms. The molecule has 8 heteroatoms. The maximum Gasteiger partial charge on any atom is 0.300 e. The first-order valence-electron chi connectivity index (χ1n) is 10.0. The SMILES string of the molecule is CCCCCc1nc2c(-c3cccs3)[nH]nc2c(=O)n1NC(=O)c1cccc(C)c1. The first kappa shape index (κ1) is 20.0. The van der Waals surface area contributed by atoms with E-state index in [1.165, 1.54) is 4.68 Å². The Kier molecular flexibility index (Phi) is 5.76. The number of amides is 1. The molecule has 0 aliphatic rings. The molecule has 4 rings (SSSR count). The van der Waals surface area contributed by atoms with Gasteiger partial charge in [0.1, 0.15) is 17.0 Å². The molecule has 2 N–H and O–H groups in total. The van der Waals surface area contributed by atoms with Gasteiger partial charge in [0.05, 0.1) is 4.88 Å². The van der Waals surface area contributed by atoms with Gasteiger partial charge in [0.25, 0.3) is 5.91 Å². The molecule has 0 aliphatic carbocycles. The number of fused-ring (bicyclic) bond motifs is 1. The zero-order chi connectivity index (χ0) is 21.1. The molecule has 0 fully saturated rings. The number of hydrogen-bond acceptors (Lipinski definition) is 5. The summed E-state index contributed by atoms with van der Waals surface area (Å²) in [6.07, 6.45) is 3.53. The first-order valence-corrected chi connectivity index (χ1v) is 10.9. The van der Waals surface area contributed by atoms with Crippen molar-refractivity contribution < 1.29 is 4.79 Å². The molecule has 0 unspecified atom stereocenters. The van der Waals surface area contributed by atoms with Crippen molar-refractivity contribution in [3.8, 4) is 10.6 Å². The van der Waals surface area contributed by atoms with Gasteiger partial charge in [0, 0.05) is 12.0 Å². The lowest BCUT2D eigenvalue weighted by Crippen LogP contribution is -2.36. The van der Waals surface area contributed by atoms with Gasteiger partial charge in [-0.3, -0.25) is 20.1 Å². The lowest BCUT2D eigenvalue weighted by Gasteiger charge is -2.13. The molecule has 3 heterocycles. The van der Waals surface area contributed by atoms with E-state index in [1.807, 2.05) is 36.6 Å². The molecule has 0 saturated heterocycles. The molecular weight excluding hydrogens is 398 g/mol. The van der Waals surface area contributed by atoms with E-state index in [9.17, 15) is 9.59 Å². The van der Waals surface area contributed by atoms with Crippen LogP contribution in [0.5, 0.6) is 0 Å². The number of carbonyl (C=O) groups is 1. The Hall–Kier alpha value is -3.26. The van der Waals surface area contributed by atoms with Crippen LogP contribution in [0, 0.1) is 6.92 Å². The highest BCUT2D eigenvalue weighted by atomic mass is 32.1. The van der Waals surface area contributed by atoms with Crippen LogP contribution in [0.1, 0.15) is 47.9 Å². The molecule has 0 bridgehead atoms. The van der Waals surface area contributed by atoms with Crippen molar-refractivity contribution in [1.29, 1.82) is 0 Å². The Bertz CT molecular complexity index is 1240. The summed E-state index contributed by atoms with van der Waals surface area (Å²) in [4.78, 5) is 31.7. The Morgan fingerprint density at radius 2 is 2.07 bits per heavy atom. The summed E-state index contributed by atoms with van der Waals surface area (Å²) in [6, 6.07) is 11.1. The third-order valence-electron chi connectivity index (χ3n) is 4.91. The quantitative estimate of drug-likeness (QED) is 0.436. The number of aryl methyl sites for hydroxylation is 2. The average molecular weight is 422 g/mol. The second-order valence-electron chi connectivity index (χ2n) is 7.21. The number of aromatic nitrogens is 4. The van der Waals surface area contributed by atoms with Gasteiger partial charge in [-0.1, -0.05) is 43.5 Å². The summed E-state index contributed by atoms with van der Waals surface area (Å²) >= 11 is 1.55. The summed E-state index contributed by atoms with van der Waals surface area (Å²) in [7, 11) is 0. The fourth-order valence-electron chi connectivity index (χ4n) is 3.36. The molecule has 1 amide bonds. The van der Waals surface area contributed by atoms with Gasteiger partial charge in [-0.25, -0.2) is 9.66 Å². The Balaban J connectivity index is 1.78. The number of hydrogen-bond donors (Lipinski definition) is 2. The minimum atomic E-state index is -0.383. The zero-order valence-electron chi connectivity index (χ0n) is 16.9. The fraction of sp³-hybridized carbons (Fsp3) is 0.273. The molecule has 154 valence electrons. The van der Waals surface area contributed by atoms with Gasteiger partial charge in [-0.05, 0) is 36.9 Å². The highest BCUT2D eigenvalue weighted by Crippen LogP contribution is 2.27. The van der Waals surface area contributed by atoms with Crippen molar-refractivity contribution in [2.45, 2.75) is 39.5 Å². The van der Waals surface area contributed by atoms with Crippen LogP contribution >= 0.6 is 11.3 Å². The number of nitrogens with zero attached hydrogens (tertiary/aromatic N) is 3. The third-order valence-corrected chi connectivity index (χ3v) is 5.80. The summed E-state index contributed by atoms with van der Waals surface area (Å²) in [5.41, 5.74) is 5.29. The minimum absolute atomic E-state index is 0.210. The Morgan fingerprint density at radius 3 is 2.80 bits per heavy atom. The fourth-order valence-corrected chi connectivity index (χ4v) is 4.08. The lowest BCUT2D eigenvalue weighted by molar-refractivity contribution is 0.101. The van der Waals surface area contributed by atoms with Gasteiger partial charge >= 0.3 is 5.56 Å². The van der Waals surface area contributed by atoms with Gasteiger partial charge in [-0.2, -0.15) is 5.10 Å². The van der Waals surface area contributed by atoms with Gasteiger partial charge in [-0.15, -0.1) is 11.3 Å². The summed E-state index contributed by atoms with van der Waals surface area (Å²) in [5, 5.41) is 9.11. The van der Waals surface area contributed by atoms with E-state index in [-0.39, 0.29) is 17.0 Å². The number of aromatic amines is 1. The molecule has 7 nitrogen and oxygen atoms in total. The van der Waals surface area contributed by atoms with Crippen LogP contribution in [0.25, 0.3) is 21.6 Å². The molecule has 0 saturated carbocycles. The highest BCUT2D eigenvalue weighted by Gasteiger charge is 2.19. The van der Waals surface area contributed by atoms with Crippen LogP contribution in [0.2, 0.25) is 0 Å². The van der Waals surface area contributed by atoms with Gasteiger partial charge < -0.3 is 0 Å². The van der Waals surface area contributed by atoms with E-state index >= 15 is 0 Å². The molecule has 0 radical (unpaired) electrons. The predicted octanol–water partition coefficient (Wildman–Crippen LogP) is 4.27. The molecule has 0 aliphatic heterocycles. The van der Waals surface area contributed by atoms with Gasteiger partial charge in [0.15, 0.2) is 5.52 Å². The molecular formula is C22H23N5O2S. The number of rotatable bonds is 7. The minimum Gasteiger partial charge on any atom is -0.274 e. The lowest BCUT2D eigenvalue weighted by atomic mass is 10.1. The van der Waals surface area contributed by atoms with E-state index in [4.69, 9.17) is 4.98 Å². The number of H-pyrrole nitrogens is 1. The molecule has 1 aromatic carbocycles. The molecule has 0 atom stereocenters. The number of unbranched alkanes of at least 4 members (excludes halogenated alkanes) is 2. The van der Waals surface area contributed by atoms with E-state index in [0.29, 0.717) is 23.3 Å². The van der Waals surface area contributed by atoms with E-state index in [2.05, 4.69) is 22.5 Å². The highest BCUT2D eigenvalue weighted by molar-refractivity contribution is 7.13. The first-order chi connectivity index (χ1) is 14.6. The smallest absolute Gasteiger partial charge is 0.274 e. The summed E-state index contributed by atoms with van der Waals surface area (Å²) in [5.74, 6) is 0.175. The second kappa shape index (κ2) is 8.62. The van der Waals surface area contributed by atoms with E-state index in [0.717, 1.165) is 35.4 Å². The van der Waals surface area contributed by atoms with Crippen LogP contribution in [-0.2, 0) is 6.42 Å². The van der Waals surface area contributed by atoms with Crippen molar-refractivity contribution in [2.24, 2.45) is 0 Å². The van der Waals surface area contributed by atoms with Crippen molar-refractivity contribution in [3.05, 3.63) is 69.1 Å². The summed E-state index contributed by atoms with van der Waals surface area (Å²) < 4.78 is 1.25.